The third-order valence-electron chi connectivity index (χ3n) is 2.57. The maximum atomic E-state index is 11.7. The summed E-state index contributed by atoms with van der Waals surface area (Å²) in [5, 5.41) is 2.40. The Morgan fingerprint density at radius 1 is 1.18 bits per heavy atom. The van der Waals surface area contributed by atoms with Crippen LogP contribution in [0.25, 0.3) is 0 Å². The Morgan fingerprint density at radius 3 is 2.32 bits per heavy atom. The second kappa shape index (κ2) is 10.0. The van der Waals surface area contributed by atoms with Gasteiger partial charge in [-0.25, -0.2) is 9.59 Å². The summed E-state index contributed by atoms with van der Waals surface area (Å²) in [5.74, 6) is -1.04. The summed E-state index contributed by atoms with van der Waals surface area (Å²) in [6, 6.07) is -0.946. The number of ether oxygens (including phenoxy) is 3. The van der Waals surface area contributed by atoms with E-state index in [1.54, 1.807) is 20.8 Å². The SMILES string of the molecule is CCCCOC(=O)CC[C@H](NC(=O)OC(C)(C)C)C(=O)OC. The van der Waals surface area contributed by atoms with E-state index in [-0.39, 0.29) is 12.8 Å². The Balaban J connectivity index is 4.38. The van der Waals surface area contributed by atoms with Gasteiger partial charge in [0.2, 0.25) is 0 Å². The molecule has 0 spiro atoms. The van der Waals surface area contributed by atoms with Crippen LogP contribution in [0.2, 0.25) is 0 Å². The van der Waals surface area contributed by atoms with E-state index in [4.69, 9.17) is 9.47 Å². The second-order valence-corrected chi connectivity index (χ2v) is 5.83. The van der Waals surface area contributed by atoms with Gasteiger partial charge in [-0.1, -0.05) is 13.3 Å². The van der Waals surface area contributed by atoms with E-state index in [9.17, 15) is 14.4 Å². The quantitative estimate of drug-likeness (QED) is 0.419. The van der Waals surface area contributed by atoms with Crippen LogP contribution in [0, 0.1) is 0 Å². The lowest BCUT2D eigenvalue weighted by Crippen LogP contribution is -2.44. The molecule has 0 aliphatic rings. The molecule has 0 aliphatic heterocycles. The molecule has 0 heterocycles. The lowest BCUT2D eigenvalue weighted by atomic mass is 10.1. The van der Waals surface area contributed by atoms with Crippen LogP contribution >= 0.6 is 0 Å². The molecule has 0 aliphatic carbocycles. The lowest BCUT2D eigenvalue weighted by Gasteiger charge is -2.22. The summed E-state index contributed by atoms with van der Waals surface area (Å²) in [5.41, 5.74) is -0.677. The number of carbonyl (C=O) groups excluding carboxylic acids is 3. The van der Waals surface area contributed by atoms with Gasteiger partial charge in [-0.3, -0.25) is 4.79 Å². The number of alkyl carbamates (subject to hydrolysis) is 1. The molecule has 7 nitrogen and oxygen atoms in total. The zero-order valence-corrected chi connectivity index (χ0v) is 14.1. The van der Waals surface area contributed by atoms with Gasteiger partial charge in [0.1, 0.15) is 11.6 Å². The first-order valence-electron chi connectivity index (χ1n) is 7.42. The standard InChI is InChI=1S/C15H27NO6/c1-6-7-10-21-12(17)9-8-11(13(18)20-5)16-14(19)22-15(2,3)4/h11H,6-10H2,1-5H3,(H,16,19)/t11-/m0/s1. The minimum Gasteiger partial charge on any atom is -0.467 e. The van der Waals surface area contributed by atoms with Crippen LogP contribution in [0.15, 0.2) is 0 Å². The Bertz CT molecular complexity index is 375. The molecule has 0 aromatic carbocycles. The summed E-state index contributed by atoms with van der Waals surface area (Å²) >= 11 is 0. The van der Waals surface area contributed by atoms with Crippen molar-refractivity contribution in [2.24, 2.45) is 0 Å². The van der Waals surface area contributed by atoms with Gasteiger partial charge in [-0.15, -0.1) is 0 Å². The monoisotopic (exact) mass is 317 g/mol. The van der Waals surface area contributed by atoms with Gasteiger partial charge in [0.05, 0.1) is 13.7 Å². The van der Waals surface area contributed by atoms with Crippen molar-refractivity contribution in [1.82, 2.24) is 5.32 Å². The number of hydrogen-bond acceptors (Lipinski definition) is 6. The van der Waals surface area contributed by atoms with Gasteiger partial charge in [-0.05, 0) is 33.6 Å². The Labute approximate surface area is 131 Å². The predicted molar refractivity (Wildman–Crippen MR) is 80.3 cm³/mol. The first kappa shape index (κ1) is 20.2. The van der Waals surface area contributed by atoms with E-state index >= 15 is 0 Å². The van der Waals surface area contributed by atoms with Crippen LogP contribution in [-0.4, -0.2) is 43.4 Å². The normalized spacial score (nSPS) is 12.2. The number of carbonyl (C=O) groups is 3. The smallest absolute Gasteiger partial charge is 0.408 e. The molecule has 0 saturated carbocycles. The largest absolute Gasteiger partial charge is 0.467 e. The highest BCUT2D eigenvalue weighted by molar-refractivity contribution is 5.82. The van der Waals surface area contributed by atoms with E-state index in [0.29, 0.717) is 6.61 Å². The van der Waals surface area contributed by atoms with Gasteiger partial charge >= 0.3 is 18.0 Å². The Hall–Kier alpha value is -1.79. The van der Waals surface area contributed by atoms with Crippen molar-refractivity contribution < 1.29 is 28.6 Å². The zero-order valence-electron chi connectivity index (χ0n) is 14.1. The zero-order chi connectivity index (χ0) is 17.2. The number of hydrogen-bond donors (Lipinski definition) is 1. The van der Waals surface area contributed by atoms with Crippen LogP contribution in [0.3, 0.4) is 0 Å². The van der Waals surface area contributed by atoms with Crippen LogP contribution < -0.4 is 5.32 Å². The molecule has 0 aromatic rings. The van der Waals surface area contributed by atoms with Crippen molar-refractivity contribution in [1.29, 1.82) is 0 Å². The van der Waals surface area contributed by atoms with Crippen molar-refractivity contribution in [3.05, 3.63) is 0 Å². The van der Waals surface area contributed by atoms with Gasteiger partial charge in [-0.2, -0.15) is 0 Å². The number of methoxy groups -OCH3 is 1. The number of esters is 2. The number of nitrogens with one attached hydrogen (secondary N) is 1. The first-order valence-corrected chi connectivity index (χ1v) is 7.42. The van der Waals surface area contributed by atoms with Crippen LogP contribution in [-0.2, 0) is 23.8 Å². The van der Waals surface area contributed by atoms with Crippen LogP contribution in [0.1, 0.15) is 53.4 Å². The molecular formula is C15H27NO6. The molecule has 1 N–H and O–H groups in total. The molecule has 0 bridgehead atoms. The third-order valence-corrected chi connectivity index (χ3v) is 2.57. The van der Waals surface area contributed by atoms with Crippen molar-refractivity contribution >= 4 is 18.0 Å². The van der Waals surface area contributed by atoms with Gasteiger partial charge < -0.3 is 19.5 Å². The molecule has 0 saturated heterocycles. The fourth-order valence-corrected chi connectivity index (χ4v) is 1.51. The first-order chi connectivity index (χ1) is 10.2. The second-order valence-electron chi connectivity index (χ2n) is 5.83. The maximum absolute atomic E-state index is 11.7. The summed E-state index contributed by atoms with van der Waals surface area (Å²) in [7, 11) is 1.21. The van der Waals surface area contributed by atoms with E-state index in [0.717, 1.165) is 12.8 Å². The van der Waals surface area contributed by atoms with Crippen LogP contribution in [0.4, 0.5) is 4.79 Å². The van der Waals surface area contributed by atoms with E-state index < -0.39 is 29.7 Å². The highest BCUT2D eigenvalue weighted by Crippen LogP contribution is 2.08. The fourth-order valence-electron chi connectivity index (χ4n) is 1.51. The molecule has 0 fully saturated rings. The summed E-state index contributed by atoms with van der Waals surface area (Å²) in [4.78, 5) is 34.9. The average molecular weight is 317 g/mol. The molecule has 22 heavy (non-hydrogen) atoms. The molecule has 128 valence electrons. The molecule has 1 atom stereocenters. The summed E-state index contributed by atoms with van der Waals surface area (Å²) in [6.07, 6.45) is 1.10. The predicted octanol–water partition coefficient (Wildman–Crippen LogP) is 2.18. The molecule has 1 amide bonds. The van der Waals surface area contributed by atoms with Crippen molar-refractivity contribution in [2.75, 3.05) is 13.7 Å². The van der Waals surface area contributed by atoms with Gasteiger partial charge in [0.25, 0.3) is 0 Å². The van der Waals surface area contributed by atoms with E-state index in [1.807, 2.05) is 6.92 Å². The van der Waals surface area contributed by atoms with Crippen LogP contribution in [0.5, 0.6) is 0 Å². The highest BCUT2D eigenvalue weighted by atomic mass is 16.6. The van der Waals surface area contributed by atoms with Gasteiger partial charge in [0.15, 0.2) is 0 Å². The van der Waals surface area contributed by atoms with Gasteiger partial charge in [0, 0.05) is 6.42 Å². The lowest BCUT2D eigenvalue weighted by molar-refractivity contribution is -0.145. The number of rotatable bonds is 8. The van der Waals surface area contributed by atoms with Crippen molar-refractivity contribution in [2.45, 2.75) is 65.0 Å². The minimum absolute atomic E-state index is 0.0132. The van der Waals surface area contributed by atoms with Crippen molar-refractivity contribution in [3.8, 4) is 0 Å². The topological polar surface area (TPSA) is 90.9 Å². The highest BCUT2D eigenvalue weighted by Gasteiger charge is 2.25. The Morgan fingerprint density at radius 2 is 1.82 bits per heavy atom. The van der Waals surface area contributed by atoms with E-state index in [1.165, 1.54) is 7.11 Å². The summed E-state index contributed by atoms with van der Waals surface area (Å²) in [6.45, 7) is 7.49. The molecule has 0 unspecified atom stereocenters. The summed E-state index contributed by atoms with van der Waals surface area (Å²) < 4.78 is 14.7. The molecular weight excluding hydrogens is 290 g/mol. The third kappa shape index (κ3) is 10.0. The number of amides is 1. The molecule has 0 radical (unpaired) electrons. The maximum Gasteiger partial charge on any atom is 0.408 e. The average Bonchev–Trinajstić information content (AvgIpc) is 2.40. The molecule has 0 rings (SSSR count). The molecule has 0 aromatic heterocycles. The van der Waals surface area contributed by atoms with E-state index in [2.05, 4.69) is 10.1 Å². The minimum atomic E-state index is -0.946. The Kier molecular flexibility index (Phi) is 9.21. The molecule has 7 heteroatoms. The van der Waals surface area contributed by atoms with Crippen molar-refractivity contribution in [3.63, 3.8) is 0 Å². The number of unbranched alkanes of at least 4 members (excludes halogenated alkanes) is 1. The fraction of sp³-hybridized carbons (Fsp3) is 0.800.